The lowest BCUT2D eigenvalue weighted by Crippen LogP contribution is -2.33. The summed E-state index contributed by atoms with van der Waals surface area (Å²) in [5.41, 5.74) is 0.0431. The summed E-state index contributed by atoms with van der Waals surface area (Å²) in [7, 11) is 2.15. The van der Waals surface area contributed by atoms with E-state index in [0.29, 0.717) is 18.4 Å². The minimum atomic E-state index is -1.02. The Labute approximate surface area is 105 Å². The van der Waals surface area contributed by atoms with Crippen LogP contribution in [-0.2, 0) is 0 Å². The van der Waals surface area contributed by atoms with E-state index in [-0.39, 0.29) is 5.69 Å². The maximum absolute atomic E-state index is 10.7. The van der Waals surface area contributed by atoms with Crippen molar-refractivity contribution in [3.05, 3.63) is 24.0 Å². The number of carboxylic acids is 1. The van der Waals surface area contributed by atoms with Crippen molar-refractivity contribution in [3.63, 3.8) is 0 Å². The molecule has 3 unspecified atom stereocenters. The van der Waals surface area contributed by atoms with Crippen molar-refractivity contribution in [1.29, 1.82) is 0 Å². The third-order valence-electron chi connectivity index (χ3n) is 3.96. The molecule has 2 heterocycles. The molecule has 1 aromatic rings. The van der Waals surface area contributed by atoms with Crippen molar-refractivity contribution >= 4 is 5.97 Å². The zero-order chi connectivity index (χ0) is 12.7. The van der Waals surface area contributed by atoms with Gasteiger partial charge in [-0.15, -0.1) is 0 Å². The number of pyridine rings is 1. The van der Waals surface area contributed by atoms with E-state index in [9.17, 15) is 4.79 Å². The molecule has 0 bridgehead atoms. The molecule has 1 saturated heterocycles. The predicted octanol–water partition coefficient (Wildman–Crippen LogP) is 1.25. The van der Waals surface area contributed by atoms with E-state index < -0.39 is 5.97 Å². The molecule has 5 heteroatoms. The maximum atomic E-state index is 10.7. The highest BCUT2D eigenvalue weighted by Crippen LogP contribution is 2.46. The molecule has 0 radical (unpaired) electrons. The van der Waals surface area contributed by atoms with Crippen LogP contribution in [0.2, 0.25) is 0 Å². The largest absolute Gasteiger partial charge is 0.490 e. The fourth-order valence-corrected chi connectivity index (χ4v) is 2.74. The summed E-state index contributed by atoms with van der Waals surface area (Å²) < 4.78 is 5.67. The second-order valence-corrected chi connectivity index (χ2v) is 5.11. The van der Waals surface area contributed by atoms with Gasteiger partial charge in [-0.3, -0.25) is 4.90 Å². The lowest BCUT2D eigenvalue weighted by atomic mass is 10.2. The number of carbonyl (C=O) groups is 1. The van der Waals surface area contributed by atoms with Crippen molar-refractivity contribution in [2.24, 2.45) is 5.92 Å². The van der Waals surface area contributed by atoms with E-state index in [2.05, 4.69) is 16.9 Å². The molecule has 3 rings (SSSR count). The molecule has 1 aliphatic heterocycles. The molecular weight excluding hydrogens is 232 g/mol. The Kier molecular flexibility index (Phi) is 2.70. The van der Waals surface area contributed by atoms with Crippen LogP contribution in [0.5, 0.6) is 5.75 Å². The summed E-state index contributed by atoms with van der Waals surface area (Å²) in [5.74, 6) is 0.488. The highest BCUT2D eigenvalue weighted by atomic mass is 16.5. The third kappa shape index (κ3) is 2.06. The monoisotopic (exact) mass is 248 g/mol. The van der Waals surface area contributed by atoms with Crippen LogP contribution in [0, 0.1) is 5.92 Å². The molecule has 5 nitrogen and oxygen atoms in total. The van der Waals surface area contributed by atoms with E-state index in [4.69, 9.17) is 9.84 Å². The Bertz CT molecular complexity index is 460. The summed E-state index contributed by atoms with van der Waals surface area (Å²) in [4.78, 5) is 16.9. The Morgan fingerprint density at radius 3 is 2.94 bits per heavy atom. The number of likely N-dealkylation sites (N-methyl/N-ethyl adjacent to an activating group) is 1. The minimum absolute atomic E-state index is 0.0431. The molecule has 3 atom stereocenters. The molecule has 96 valence electrons. The molecule has 2 aliphatic rings. The first-order valence-corrected chi connectivity index (χ1v) is 6.19. The topological polar surface area (TPSA) is 62.7 Å². The van der Waals surface area contributed by atoms with Gasteiger partial charge in [-0.05, 0) is 37.9 Å². The quantitative estimate of drug-likeness (QED) is 0.869. The molecule has 1 N–H and O–H groups in total. The molecule has 1 aromatic heterocycles. The molecule has 1 aliphatic carbocycles. The van der Waals surface area contributed by atoms with E-state index in [1.165, 1.54) is 25.1 Å². The van der Waals surface area contributed by atoms with Gasteiger partial charge in [0, 0.05) is 12.1 Å². The highest BCUT2D eigenvalue weighted by Gasteiger charge is 2.50. The summed E-state index contributed by atoms with van der Waals surface area (Å²) in [6.45, 7) is 0.650. The van der Waals surface area contributed by atoms with Gasteiger partial charge in [0.15, 0.2) is 0 Å². The zero-order valence-corrected chi connectivity index (χ0v) is 10.2. The van der Waals surface area contributed by atoms with E-state index in [1.807, 2.05) is 0 Å². The van der Waals surface area contributed by atoms with Crippen molar-refractivity contribution in [1.82, 2.24) is 9.88 Å². The smallest absolute Gasteiger partial charge is 0.354 e. The number of piperidine rings is 1. The van der Waals surface area contributed by atoms with Crippen LogP contribution in [-0.4, -0.2) is 46.7 Å². The Morgan fingerprint density at radius 2 is 2.39 bits per heavy atom. The molecule has 2 fully saturated rings. The van der Waals surface area contributed by atoms with E-state index in [0.717, 1.165) is 12.0 Å². The normalized spacial score (nSPS) is 29.9. The average molecular weight is 248 g/mol. The van der Waals surface area contributed by atoms with E-state index >= 15 is 0 Å². The molecular formula is C13H16N2O3. The van der Waals surface area contributed by atoms with Crippen LogP contribution in [0.1, 0.15) is 23.3 Å². The number of likely N-dealkylation sites (tertiary alicyclic amines) is 1. The van der Waals surface area contributed by atoms with Crippen LogP contribution in [0.4, 0.5) is 0 Å². The first kappa shape index (κ1) is 11.5. The lowest BCUT2D eigenvalue weighted by molar-refractivity contribution is 0.0690. The van der Waals surface area contributed by atoms with Gasteiger partial charge in [-0.1, -0.05) is 0 Å². The van der Waals surface area contributed by atoms with Gasteiger partial charge < -0.3 is 9.84 Å². The third-order valence-corrected chi connectivity index (χ3v) is 3.96. The number of ether oxygens (including phenoxy) is 1. The number of nitrogens with zero attached hydrogens (tertiary/aromatic N) is 2. The molecule has 0 spiro atoms. The van der Waals surface area contributed by atoms with Gasteiger partial charge in [0.25, 0.3) is 0 Å². The van der Waals surface area contributed by atoms with Gasteiger partial charge in [-0.2, -0.15) is 0 Å². The number of carboxylic acid groups (broad SMARTS) is 1. The Balaban J connectivity index is 1.55. The number of hydrogen-bond acceptors (Lipinski definition) is 4. The van der Waals surface area contributed by atoms with Crippen molar-refractivity contribution < 1.29 is 14.6 Å². The van der Waals surface area contributed by atoms with Crippen LogP contribution >= 0.6 is 0 Å². The predicted molar refractivity (Wildman–Crippen MR) is 64.8 cm³/mol. The summed E-state index contributed by atoms with van der Waals surface area (Å²) >= 11 is 0. The van der Waals surface area contributed by atoms with E-state index in [1.54, 1.807) is 6.07 Å². The van der Waals surface area contributed by atoms with Gasteiger partial charge in [0.05, 0.1) is 6.20 Å². The number of rotatable bonds is 4. The number of hydrogen-bond donors (Lipinski definition) is 1. The number of aromatic nitrogens is 1. The summed E-state index contributed by atoms with van der Waals surface area (Å²) in [6, 6.07) is 4.37. The molecule has 1 saturated carbocycles. The van der Waals surface area contributed by atoms with Gasteiger partial charge in [0.1, 0.15) is 18.1 Å². The Morgan fingerprint density at radius 1 is 1.56 bits per heavy atom. The van der Waals surface area contributed by atoms with Gasteiger partial charge in [0.2, 0.25) is 0 Å². The zero-order valence-electron chi connectivity index (χ0n) is 10.2. The first-order valence-electron chi connectivity index (χ1n) is 6.19. The van der Waals surface area contributed by atoms with Gasteiger partial charge >= 0.3 is 5.97 Å². The highest BCUT2D eigenvalue weighted by molar-refractivity contribution is 5.85. The van der Waals surface area contributed by atoms with Crippen LogP contribution in [0.15, 0.2) is 18.3 Å². The fraction of sp³-hybridized carbons (Fsp3) is 0.538. The lowest BCUT2D eigenvalue weighted by Gasteiger charge is -2.22. The Hall–Kier alpha value is -1.62. The second kappa shape index (κ2) is 4.24. The maximum Gasteiger partial charge on any atom is 0.354 e. The minimum Gasteiger partial charge on any atom is -0.490 e. The van der Waals surface area contributed by atoms with Crippen LogP contribution in [0.25, 0.3) is 0 Å². The second-order valence-electron chi connectivity index (χ2n) is 5.11. The number of fused-ring (bicyclic) bond motifs is 1. The molecule has 0 amide bonds. The van der Waals surface area contributed by atoms with Crippen molar-refractivity contribution in [3.8, 4) is 5.75 Å². The molecule has 0 aromatic carbocycles. The summed E-state index contributed by atoms with van der Waals surface area (Å²) in [5, 5.41) is 8.74. The standard InChI is InChI=1S/C13H16N2O3/c1-15-9(4-8-5-12(8)15)7-18-10-2-3-11(13(16)17)14-6-10/h2-3,6,8-9,12H,4-5,7H2,1H3,(H,16,17). The van der Waals surface area contributed by atoms with Crippen LogP contribution in [0.3, 0.4) is 0 Å². The number of aromatic carboxylic acids is 1. The SMILES string of the molecule is CN1C(COc2ccc(C(=O)O)nc2)CC2CC21. The fourth-order valence-electron chi connectivity index (χ4n) is 2.74. The van der Waals surface area contributed by atoms with Crippen molar-refractivity contribution in [2.45, 2.75) is 24.9 Å². The van der Waals surface area contributed by atoms with Gasteiger partial charge in [-0.25, -0.2) is 9.78 Å². The first-order chi connectivity index (χ1) is 8.65. The molecule has 18 heavy (non-hydrogen) atoms. The van der Waals surface area contributed by atoms with Crippen molar-refractivity contribution in [2.75, 3.05) is 13.7 Å². The average Bonchev–Trinajstić information content (AvgIpc) is 3.07. The summed E-state index contributed by atoms with van der Waals surface area (Å²) in [6.07, 6.45) is 4.02. The van der Waals surface area contributed by atoms with Crippen LogP contribution < -0.4 is 4.74 Å².